The molecular formula is C22H19NO5S. The van der Waals surface area contributed by atoms with E-state index in [1.54, 1.807) is 31.4 Å². The van der Waals surface area contributed by atoms with Crippen molar-refractivity contribution >= 4 is 16.3 Å². The predicted molar refractivity (Wildman–Crippen MR) is 110 cm³/mol. The second-order valence-electron chi connectivity index (χ2n) is 6.84. The first-order chi connectivity index (χ1) is 13.9. The number of fused-ring (bicyclic) bond motifs is 3. The van der Waals surface area contributed by atoms with Gasteiger partial charge in [-0.15, -0.1) is 0 Å². The standard InChI is InChI=1S/C22H19NO5S/c1-27-17-6-2-4-15(11-17)22-19-10-14(13-29(23,25)26)8-9-18(19)21-16(12-24)5-3-7-20(21)28-22/h2-12,22H,13H2,1H3,(H2,23,25,26). The third-order valence-corrected chi connectivity index (χ3v) is 5.60. The number of carbonyl (C=O) groups excluding carboxylic acids is 1. The van der Waals surface area contributed by atoms with Gasteiger partial charge in [0.15, 0.2) is 6.29 Å². The summed E-state index contributed by atoms with van der Waals surface area (Å²) in [6.07, 6.45) is 0.297. The van der Waals surface area contributed by atoms with Crippen LogP contribution in [-0.2, 0) is 15.8 Å². The summed E-state index contributed by atoms with van der Waals surface area (Å²) in [5, 5.41) is 5.23. The molecule has 0 bridgehead atoms. The molecule has 148 valence electrons. The van der Waals surface area contributed by atoms with Crippen molar-refractivity contribution in [3.63, 3.8) is 0 Å². The zero-order valence-corrected chi connectivity index (χ0v) is 16.5. The maximum Gasteiger partial charge on any atom is 0.213 e. The van der Waals surface area contributed by atoms with E-state index in [2.05, 4.69) is 0 Å². The smallest absolute Gasteiger partial charge is 0.213 e. The lowest BCUT2D eigenvalue weighted by molar-refractivity contribution is 0.112. The molecule has 29 heavy (non-hydrogen) atoms. The van der Waals surface area contributed by atoms with Gasteiger partial charge in [-0.2, -0.15) is 0 Å². The average molecular weight is 409 g/mol. The molecule has 1 aliphatic rings. The van der Waals surface area contributed by atoms with Crippen LogP contribution in [0.4, 0.5) is 0 Å². The molecule has 1 atom stereocenters. The number of methoxy groups -OCH3 is 1. The molecule has 7 heteroatoms. The number of ether oxygens (including phenoxy) is 2. The van der Waals surface area contributed by atoms with Crippen molar-refractivity contribution in [2.45, 2.75) is 11.9 Å². The minimum Gasteiger partial charge on any atom is -0.497 e. The highest BCUT2D eigenvalue weighted by Gasteiger charge is 2.29. The molecule has 0 radical (unpaired) electrons. The van der Waals surface area contributed by atoms with Crippen molar-refractivity contribution in [3.05, 3.63) is 82.9 Å². The van der Waals surface area contributed by atoms with E-state index in [0.29, 0.717) is 28.2 Å². The fraction of sp³-hybridized carbons (Fsp3) is 0.136. The van der Waals surface area contributed by atoms with Gasteiger partial charge in [-0.1, -0.05) is 42.5 Å². The van der Waals surface area contributed by atoms with Gasteiger partial charge in [0.25, 0.3) is 0 Å². The van der Waals surface area contributed by atoms with Crippen LogP contribution in [0.5, 0.6) is 11.5 Å². The molecule has 1 aliphatic heterocycles. The van der Waals surface area contributed by atoms with Gasteiger partial charge < -0.3 is 9.47 Å². The van der Waals surface area contributed by atoms with E-state index in [1.807, 2.05) is 36.4 Å². The molecule has 2 N–H and O–H groups in total. The maximum atomic E-state index is 11.6. The first-order valence-electron chi connectivity index (χ1n) is 8.92. The summed E-state index contributed by atoms with van der Waals surface area (Å²) in [7, 11) is -2.10. The number of benzene rings is 3. The van der Waals surface area contributed by atoms with Crippen LogP contribution < -0.4 is 14.6 Å². The maximum absolute atomic E-state index is 11.6. The highest BCUT2D eigenvalue weighted by atomic mass is 32.2. The number of primary sulfonamides is 1. The predicted octanol–water partition coefficient (Wildman–Crippen LogP) is 3.45. The zero-order valence-electron chi connectivity index (χ0n) is 15.7. The van der Waals surface area contributed by atoms with Crippen molar-refractivity contribution in [3.8, 4) is 22.6 Å². The number of nitrogens with two attached hydrogens (primary N) is 1. The summed E-state index contributed by atoms with van der Waals surface area (Å²) in [6.45, 7) is 0. The molecule has 0 saturated heterocycles. The van der Waals surface area contributed by atoms with Crippen LogP contribution in [0.2, 0.25) is 0 Å². The molecule has 0 saturated carbocycles. The molecule has 0 spiro atoms. The van der Waals surface area contributed by atoms with Gasteiger partial charge in [0.05, 0.1) is 12.9 Å². The van der Waals surface area contributed by atoms with Crippen molar-refractivity contribution in [1.82, 2.24) is 0 Å². The molecule has 1 unspecified atom stereocenters. The van der Waals surface area contributed by atoms with Crippen LogP contribution >= 0.6 is 0 Å². The Hall–Kier alpha value is -3.16. The molecule has 3 aromatic rings. The van der Waals surface area contributed by atoms with Crippen LogP contribution in [0.1, 0.15) is 33.2 Å². The van der Waals surface area contributed by atoms with Gasteiger partial charge in [-0.25, -0.2) is 13.6 Å². The van der Waals surface area contributed by atoms with Crippen molar-refractivity contribution < 1.29 is 22.7 Å². The molecule has 4 rings (SSSR count). The average Bonchev–Trinajstić information content (AvgIpc) is 2.71. The van der Waals surface area contributed by atoms with Crippen LogP contribution in [0.3, 0.4) is 0 Å². The topological polar surface area (TPSA) is 95.7 Å². The third kappa shape index (κ3) is 3.74. The first kappa shape index (κ1) is 19.2. The lowest BCUT2D eigenvalue weighted by Gasteiger charge is -2.30. The minimum atomic E-state index is -3.69. The number of hydrogen-bond donors (Lipinski definition) is 1. The van der Waals surface area contributed by atoms with E-state index in [4.69, 9.17) is 14.6 Å². The second kappa shape index (κ2) is 7.35. The summed E-state index contributed by atoms with van der Waals surface area (Å²) >= 11 is 0. The van der Waals surface area contributed by atoms with Crippen molar-refractivity contribution in [2.75, 3.05) is 7.11 Å². The highest BCUT2D eigenvalue weighted by molar-refractivity contribution is 7.88. The van der Waals surface area contributed by atoms with Crippen molar-refractivity contribution in [2.24, 2.45) is 5.14 Å². The first-order valence-corrected chi connectivity index (χ1v) is 10.6. The molecule has 0 aromatic heterocycles. The Bertz CT molecular complexity index is 1200. The number of rotatable bonds is 5. The Morgan fingerprint density at radius 1 is 1.10 bits per heavy atom. The van der Waals surface area contributed by atoms with E-state index >= 15 is 0 Å². The van der Waals surface area contributed by atoms with Gasteiger partial charge in [0.1, 0.15) is 17.6 Å². The van der Waals surface area contributed by atoms with Crippen LogP contribution in [-0.4, -0.2) is 21.8 Å². The van der Waals surface area contributed by atoms with E-state index in [-0.39, 0.29) is 5.75 Å². The van der Waals surface area contributed by atoms with E-state index in [9.17, 15) is 13.2 Å². The quantitative estimate of drug-likeness (QED) is 0.651. The Kier molecular flexibility index (Phi) is 4.86. The Morgan fingerprint density at radius 3 is 2.62 bits per heavy atom. The van der Waals surface area contributed by atoms with Gasteiger partial charge in [-0.05, 0) is 29.3 Å². The van der Waals surface area contributed by atoms with Crippen molar-refractivity contribution in [1.29, 1.82) is 0 Å². The van der Waals surface area contributed by atoms with Gasteiger partial charge in [0.2, 0.25) is 10.0 Å². The van der Waals surface area contributed by atoms with Gasteiger partial charge in [-0.3, -0.25) is 4.79 Å². The van der Waals surface area contributed by atoms with Gasteiger partial charge >= 0.3 is 0 Å². The molecule has 0 aliphatic carbocycles. The van der Waals surface area contributed by atoms with E-state index < -0.39 is 16.1 Å². The number of carbonyl (C=O) groups is 1. The lowest BCUT2D eigenvalue weighted by atomic mass is 9.86. The summed E-state index contributed by atoms with van der Waals surface area (Å²) in [5.41, 5.74) is 4.18. The third-order valence-electron chi connectivity index (χ3n) is 4.86. The molecule has 0 amide bonds. The van der Waals surface area contributed by atoms with Crippen LogP contribution in [0.25, 0.3) is 11.1 Å². The summed E-state index contributed by atoms with van der Waals surface area (Å²) in [4.78, 5) is 11.6. The lowest BCUT2D eigenvalue weighted by Crippen LogP contribution is -2.18. The fourth-order valence-corrected chi connectivity index (χ4v) is 4.30. The molecule has 0 fully saturated rings. The minimum absolute atomic E-state index is 0.284. The number of hydrogen-bond acceptors (Lipinski definition) is 5. The summed E-state index contributed by atoms with van der Waals surface area (Å²) in [5.74, 6) is 0.989. The molecule has 3 aromatic carbocycles. The molecule has 1 heterocycles. The fourth-order valence-electron chi connectivity index (χ4n) is 3.65. The van der Waals surface area contributed by atoms with E-state index in [1.165, 1.54) is 0 Å². The largest absolute Gasteiger partial charge is 0.497 e. The zero-order chi connectivity index (χ0) is 20.6. The molecular weight excluding hydrogens is 390 g/mol. The Morgan fingerprint density at radius 2 is 1.90 bits per heavy atom. The molecule has 6 nitrogen and oxygen atoms in total. The normalized spacial score (nSPS) is 15.0. The SMILES string of the molecule is COc1cccc(C2Oc3cccc(C=O)c3-c3ccc(CS(N)(=O)=O)cc32)c1. The summed E-state index contributed by atoms with van der Waals surface area (Å²) < 4.78 is 34.8. The summed E-state index contributed by atoms with van der Waals surface area (Å²) in [6, 6.07) is 18.1. The number of aldehydes is 1. The number of sulfonamides is 1. The van der Waals surface area contributed by atoms with Crippen LogP contribution in [0.15, 0.2) is 60.7 Å². The van der Waals surface area contributed by atoms with Gasteiger partial charge in [0, 0.05) is 22.3 Å². The second-order valence-corrected chi connectivity index (χ2v) is 8.46. The monoisotopic (exact) mass is 409 g/mol. The van der Waals surface area contributed by atoms with E-state index in [0.717, 1.165) is 23.0 Å². The Labute approximate surface area is 168 Å². The Balaban J connectivity index is 1.93. The van der Waals surface area contributed by atoms with Crippen LogP contribution in [0, 0.1) is 0 Å². The highest BCUT2D eigenvalue weighted by Crippen LogP contribution is 2.46.